The molecule has 0 radical (unpaired) electrons. The highest BCUT2D eigenvalue weighted by Gasteiger charge is 2.28. The van der Waals surface area contributed by atoms with E-state index in [2.05, 4.69) is 43.4 Å². The van der Waals surface area contributed by atoms with Crippen LogP contribution in [-0.4, -0.2) is 46.3 Å². The quantitative estimate of drug-likeness (QED) is 0.826. The van der Waals surface area contributed by atoms with Gasteiger partial charge in [0, 0.05) is 31.9 Å². The molecular formula is C18H31N5O2. The van der Waals surface area contributed by atoms with Gasteiger partial charge >= 0.3 is 6.03 Å². The minimum absolute atomic E-state index is 0.000423. The number of urea groups is 1. The van der Waals surface area contributed by atoms with Gasteiger partial charge in [0.05, 0.1) is 18.2 Å². The predicted molar refractivity (Wildman–Crippen MR) is 97.0 cm³/mol. The monoisotopic (exact) mass is 349 g/mol. The van der Waals surface area contributed by atoms with Gasteiger partial charge in [0.25, 0.3) is 0 Å². The molecule has 1 aromatic heterocycles. The molecule has 1 aliphatic heterocycles. The summed E-state index contributed by atoms with van der Waals surface area (Å²) in [5, 5.41) is 10.3. The Bertz CT molecular complexity index is 582. The summed E-state index contributed by atoms with van der Waals surface area (Å²) in [4.78, 5) is 26.4. The highest BCUT2D eigenvalue weighted by Crippen LogP contribution is 2.17. The van der Waals surface area contributed by atoms with Crippen molar-refractivity contribution in [2.75, 3.05) is 19.6 Å². The Balaban J connectivity index is 1.81. The number of rotatable bonds is 6. The summed E-state index contributed by atoms with van der Waals surface area (Å²) in [6.45, 7) is 10.5. The Kier molecular flexibility index (Phi) is 6.84. The molecule has 1 atom stereocenters. The number of amides is 3. The van der Waals surface area contributed by atoms with E-state index < -0.39 is 0 Å². The van der Waals surface area contributed by atoms with Crippen molar-refractivity contribution >= 4 is 11.9 Å². The maximum Gasteiger partial charge on any atom is 0.317 e. The molecule has 0 bridgehead atoms. The number of carbonyl (C=O) groups is 2. The van der Waals surface area contributed by atoms with Gasteiger partial charge in [-0.2, -0.15) is 5.10 Å². The van der Waals surface area contributed by atoms with E-state index in [1.165, 1.54) is 0 Å². The van der Waals surface area contributed by atoms with Crippen molar-refractivity contribution in [2.24, 2.45) is 11.8 Å². The second-order valence-corrected chi connectivity index (χ2v) is 7.46. The Labute approximate surface area is 150 Å². The van der Waals surface area contributed by atoms with Crippen molar-refractivity contribution < 1.29 is 9.59 Å². The van der Waals surface area contributed by atoms with Crippen LogP contribution in [0.15, 0.2) is 12.3 Å². The number of piperidine rings is 1. The van der Waals surface area contributed by atoms with Crippen LogP contribution in [0.25, 0.3) is 0 Å². The van der Waals surface area contributed by atoms with Gasteiger partial charge < -0.3 is 15.5 Å². The van der Waals surface area contributed by atoms with Crippen molar-refractivity contribution in [3.8, 4) is 0 Å². The van der Waals surface area contributed by atoms with Crippen LogP contribution in [0.4, 0.5) is 4.79 Å². The minimum Gasteiger partial charge on any atom is -0.350 e. The minimum atomic E-state index is -0.147. The van der Waals surface area contributed by atoms with Crippen LogP contribution < -0.4 is 10.6 Å². The van der Waals surface area contributed by atoms with E-state index in [1.54, 1.807) is 4.90 Å². The van der Waals surface area contributed by atoms with Gasteiger partial charge in [-0.1, -0.05) is 13.8 Å². The fourth-order valence-electron chi connectivity index (χ4n) is 2.86. The smallest absolute Gasteiger partial charge is 0.317 e. The molecule has 140 valence electrons. The number of likely N-dealkylation sites (tertiary alicyclic amines) is 1. The first-order valence-corrected chi connectivity index (χ1v) is 9.21. The summed E-state index contributed by atoms with van der Waals surface area (Å²) >= 11 is 0. The van der Waals surface area contributed by atoms with Gasteiger partial charge in [-0.05, 0) is 38.7 Å². The van der Waals surface area contributed by atoms with Gasteiger partial charge in [0.15, 0.2) is 0 Å². The van der Waals surface area contributed by atoms with Crippen molar-refractivity contribution in [1.82, 2.24) is 25.3 Å². The third-order valence-electron chi connectivity index (χ3n) is 4.38. The molecule has 2 N–H and O–H groups in total. The predicted octanol–water partition coefficient (Wildman–Crippen LogP) is 2.16. The number of aromatic nitrogens is 2. The molecule has 2 heterocycles. The van der Waals surface area contributed by atoms with Crippen LogP contribution in [0.2, 0.25) is 0 Å². The molecule has 1 aliphatic rings. The highest BCUT2D eigenvalue weighted by atomic mass is 16.2. The van der Waals surface area contributed by atoms with E-state index in [1.807, 2.05) is 16.9 Å². The fourth-order valence-corrected chi connectivity index (χ4v) is 2.86. The summed E-state index contributed by atoms with van der Waals surface area (Å²) in [5.41, 5.74) is 0.851. The molecule has 1 aromatic rings. The average molecular weight is 349 g/mol. The summed E-state index contributed by atoms with van der Waals surface area (Å²) in [6.07, 6.45) is 3.60. The van der Waals surface area contributed by atoms with Gasteiger partial charge in [0.2, 0.25) is 5.91 Å². The molecule has 1 unspecified atom stereocenters. The summed E-state index contributed by atoms with van der Waals surface area (Å²) in [7, 11) is 0. The molecular weight excluding hydrogens is 318 g/mol. The molecule has 25 heavy (non-hydrogen) atoms. The van der Waals surface area contributed by atoms with Crippen LogP contribution in [0.1, 0.15) is 52.3 Å². The SMILES string of the molecule is CC(C)CNC(=O)N1CCCC(C(=O)NCc2ccn(C(C)C)n2)C1. The molecule has 0 saturated carbocycles. The van der Waals surface area contributed by atoms with Gasteiger partial charge in [-0.3, -0.25) is 9.48 Å². The summed E-state index contributed by atoms with van der Waals surface area (Å²) < 4.78 is 1.88. The molecule has 3 amide bonds. The number of hydrogen-bond donors (Lipinski definition) is 2. The van der Waals surface area contributed by atoms with E-state index in [-0.39, 0.29) is 17.9 Å². The van der Waals surface area contributed by atoms with E-state index >= 15 is 0 Å². The molecule has 0 aromatic carbocycles. The Morgan fingerprint density at radius 2 is 2.04 bits per heavy atom. The van der Waals surface area contributed by atoms with Crippen LogP contribution >= 0.6 is 0 Å². The lowest BCUT2D eigenvalue weighted by molar-refractivity contribution is -0.126. The standard InChI is InChI=1S/C18H31N5O2/c1-13(2)10-20-18(25)22-8-5-6-15(12-22)17(24)19-11-16-7-9-23(21-16)14(3)4/h7,9,13-15H,5-6,8,10-12H2,1-4H3,(H,19,24)(H,20,25). The lowest BCUT2D eigenvalue weighted by Gasteiger charge is -2.32. The zero-order chi connectivity index (χ0) is 18.4. The lowest BCUT2D eigenvalue weighted by Crippen LogP contribution is -2.49. The fraction of sp³-hybridized carbons (Fsp3) is 0.722. The van der Waals surface area contributed by atoms with Gasteiger partial charge in [-0.15, -0.1) is 0 Å². The second-order valence-electron chi connectivity index (χ2n) is 7.46. The van der Waals surface area contributed by atoms with E-state index in [9.17, 15) is 9.59 Å². The van der Waals surface area contributed by atoms with Crippen LogP contribution in [0.3, 0.4) is 0 Å². The zero-order valence-electron chi connectivity index (χ0n) is 15.8. The molecule has 7 heteroatoms. The van der Waals surface area contributed by atoms with Crippen LogP contribution in [-0.2, 0) is 11.3 Å². The number of carbonyl (C=O) groups excluding carboxylic acids is 2. The highest BCUT2D eigenvalue weighted by molar-refractivity contribution is 5.80. The molecule has 1 fully saturated rings. The Morgan fingerprint density at radius 3 is 2.68 bits per heavy atom. The van der Waals surface area contributed by atoms with Crippen molar-refractivity contribution in [1.29, 1.82) is 0 Å². The summed E-state index contributed by atoms with van der Waals surface area (Å²) in [5.74, 6) is 0.268. The van der Waals surface area contributed by atoms with Crippen molar-refractivity contribution in [3.05, 3.63) is 18.0 Å². The molecule has 0 aliphatic carbocycles. The molecule has 1 saturated heterocycles. The normalized spacial score (nSPS) is 17.8. The molecule has 0 spiro atoms. The first-order chi connectivity index (χ1) is 11.9. The van der Waals surface area contributed by atoms with Crippen molar-refractivity contribution in [3.63, 3.8) is 0 Å². The number of hydrogen-bond acceptors (Lipinski definition) is 3. The van der Waals surface area contributed by atoms with Crippen LogP contribution in [0, 0.1) is 11.8 Å². The number of nitrogens with one attached hydrogen (secondary N) is 2. The van der Waals surface area contributed by atoms with E-state index in [4.69, 9.17) is 0 Å². The third kappa shape index (κ3) is 5.76. The molecule has 7 nitrogen and oxygen atoms in total. The van der Waals surface area contributed by atoms with Crippen LogP contribution in [0.5, 0.6) is 0 Å². The first-order valence-electron chi connectivity index (χ1n) is 9.21. The van der Waals surface area contributed by atoms with E-state index in [0.29, 0.717) is 38.1 Å². The van der Waals surface area contributed by atoms with Gasteiger partial charge in [0.1, 0.15) is 0 Å². The Morgan fingerprint density at radius 1 is 1.28 bits per heavy atom. The maximum absolute atomic E-state index is 12.4. The second kappa shape index (κ2) is 8.87. The average Bonchev–Trinajstić information content (AvgIpc) is 3.07. The Hall–Kier alpha value is -2.05. The molecule has 2 rings (SSSR count). The van der Waals surface area contributed by atoms with Crippen molar-refractivity contribution in [2.45, 2.75) is 53.1 Å². The lowest BCUT2D eigenvalue weighted by atomic mass is 9.97. The topological polar surface area (TPSA) is 79.3 Å². The summed E-state index contributed by atoms with van der Waals surface area (Å²) in [6, 6.07) is 2.16. The first kappa shape index (κ1) is 19.3. The largest absolute Gasteiger partial charge is 0.350 e. The third-order valence-corrected chi connectivity index (χ3v) is 4.38. The van der Waals surface area contributed by atoms with Gasteiger partial charge in [-0.25, -0.2) is 4.79 Å². The van der Waals surface area contributed by atoms with E-state index in [0.717, 1.165) is 18.5 Å². The maximum atomic E-state index is 12.4. The zero-order valence-corrected chi connectivity index (χ0v) is 15.8. The number of nitrogens with zero attached hydrogens (tertiary/aromatic N) is 3.